The lowest BCUT2D eigenvalue weighted by Crippen LogP contribution is -2.08. The predicted molar refractivity (Wildman–Crippen MR) is 64.6 cm³/mol. The first kappa shape index (κ1) is 13.4. The van der Waals surface area contributed by atoms with Crippen LogP contribution < -0.4 is 0 Å². The minimum absolute atomic E-state index is 0.0717. The first-order valence-corrected chi connectivity index (χ1v) is 5.75. The highest BCUT2D eigenvalue weighted by Gasteiger charge is 2.11. The van der Waals surface area contributed by atoms with Crippen LogP contribution in [0.15, 0.2) is 16.6 Å². The Kier molecular flexibility index (Phi) is 4.85. The van der Waals surface area contributed by atoms with Gasteiger partial charge in [0.25, 0.3) is 0 Å². The average Bonchev–Trinajstić information content (AvgIpc) is 2.31. The van der Waals surface area contributed by atoms with Crippen molar-refractivity contribution in [2.75, 3.05) is 6.61 Å². The lowest BCUT2D eigenvalue weighted by Gasteiger charge is -2.06. The molecule has 0 amide bonds. The Morgan fingerprint density at radius 3 is 2.82 bits per heavy atom. The van der Waals surface area contributed by atoms with Crippen LogP contribution in [0.5, 0.6) is 0 Å². The maximum absolute atomic E-state index is 11.3. The standard InChI is InChI=1S/C12H10BrNO3/c1-2-17-12(16)5-8-3-9(6-14)10(7-15)4-11(8)13/h3-4,7H,2,5H2,1H3. The SMILES string of the molecule is CCOC(=O)Cc1cc(C#N)c(C=O)cc1Br. The number of benzene rings is 1. The molecule has 0 bridgehead atoms. The highest BCUT2D eigenvalue weighted by atomic mass is 79.9. The van der Waals surface area contributed by atoms with Crippen LogP contribution in [0.4, 0.5) is 0 Å². The number of nitrogens with zero attached hydrogens (tertiary/aromatic N) is 1. The van der Waals surface area contributed by atoms with E-state index in [0.29, 0.717) is 28.5 Å². The second kappa shape index (κ2) is 6.16. The molecule has 0 unspecified atom stereocenters. The lowest BCUT2D eigenvalue weighted by molar-refractivity contribution is -0.142. The molecule has 88 valence electrons. The van der Waals surface area contributed by atoms with Gasteiger partial charge in [-0.2, -0.15) is 5.26 Å². The van der Waals surface area contributed by atoms with Crippen LogP contribution in [0, 0.1) is 11.3 Å². The number of halogens is 1. The summed E-state index contributed by atoms with van der Waals surface area (Å²) >= 11 is 3.25. The monoisotopic (exact) mass is 295 g/mol. The van der Waals surface area contributed by atoms with Gasteiger partial charge in [-0.15, -0.1) is 0 Å². The normalized spacial score (nSPS) is 9.47. The summed E-state index contributed by atoms with van der Waals surface area (Å²) in [6, 6.07) is 4.96. The van der Waals surface area contributed by atoms with Gasteiger partial charge in [-0.1, -0.05) is 15.9 Å². The number of nitriles is 1. The van der Waals surface area contributed by atoms with Gasteiger partial charge in [0, 0.05) is 10.0 Å². The quantitative estimate of drug-likeness (QED) is 0.631. The molecule has 0 aliphatic rings. The molecular weight excluding hydrogens is 286 g/mol. The molecule has 0 saturated carbocycles. The van der Waals surface area contributed by atoms with Crippen LogP contribution in [-0.4, -0.2) is 18.9 Å². The first-order valence-electron chi connectivity index (χ1n) is 4.95. The van der Waals surface area contributed by atoms with Crippen LogP contribution in [0.3, 0.4) is 0 Å². The van der Waals surface area contributed by atoms with Crippen molar-refractivity contribution in [3.63, 3.8) is 0 Å². The molecule has 0 aliphatic heterocycles. The van der Waals surface area contributed by atoms with E-state index < -0.39 is 0 Å². The fraction of sp³-hybridized carbons (Fsp3) is 0.250. The first-order chi connectivity index (χ1) is 8.12. The van der Waals surface area contributed by atoms with Gasteiger partial charge in [0.15, 0.2) is 6.29 Å². The largest absolute Gasteiger partial charge is 0.466 e. The second-order valence-electron chi connectivity index (χ2n) is 3.24. The minimum Gasteiger partial charge on any atom is -0.466 e. The molecule has 5 heteroatoms. The zero-order chi connectivity index (χ0) is 12.8. The van der Waals surface area contributed by atoms with Gasteiger partial charge in [-0.25, -0.2) is 0 Å². The molecule has 0 aliphatic carbocycles. The Morgan fingerprint density at radius 2 is 2.29 bits per heavy atom. The van der Waals surface area contributed by atoms with E-state index in [-0.39, 0.29) is 18.0 Å². The highest BCUT2D eigenvalue weighted by Crippen LogP contribution is 2.22. The van der Waals surface area contributed by atoms with E-state index in [0.717, 1.165) is 0 Å². The highest BCUT2D eigenvalue weighted by molar-refractivity contribution is 9.10. The lowest BCUT2D eigenvalue weighted by atomic mass is 10.0. The molecule has 0 atom stereocenters. The number of carbonyl (C=O) groups excluding carboxylic acids is 2. The van der Waals surface area contributed by atoms with Gasteiger partial charge in [0.2, 0.25) is 0 Å². The Morgan fingerprint density at radius 1 is 1.59 bits per heavy atom. The summed E-state index contributed by atoms with van der Waals surface area (Å²) < 4.78 is 5.44. The van der Waals surface area contributed by atoms with E-state index >= 15 is 0 Å². The van der Waals surface area contributed by atoms with Crippen molar-refractivity contribution in [1.82, 2.24) is 0 Å². The number of rotatable bonds is 4. The number of ether oxygens (including phenoxy) is 1. The van der Waals surface area contributed by atoms with Crippen LogP contribution in [0.1, 0.15) is 28.4 Å². The minimum atomic E-state index is -0.365. The summed E-state index contributed by atoms with van der Waals surface area (Å²) in [5.74, 6) is -0.365. The molecule has 0 N–H and O–H groups in total. The molecule has 0 radical (unpaired) electrons. The van der Waals surface area contributed by atoms with Gasteiger partial charge >= 0.3 is 5.97 Å². The van der Waals surface area contributed by atoms with E-state index in [9.17, 15) is 9.59 Å². The molecule has 0 aromatic heterocycles. The van der Waals surface area contributed by atoms with Crippen LogP contribution in [-0.2, 0) is 16.0 Å². The summed E-state index contributed by atoms with van der Waals surface area (Å²) in [4.78, 5) is 22.0. The number of aldehydes is 1. The maximum Gasteiger partial charge on any atom is 0.310 e. The maximum atomic E-state index is 11.3. The molecule has 0 fully saturated rings. The third-order valence-electron chi connectivity index (χ3n) is 2.11. The average molecular weight is 296 g/mol. The van der Waals surface area contributed by atoms with Gasteiger partial charge in [-0.3, -0.25) is 9.59 Å². The number of carbonyl (C=O) groups is 2. The van der Waals surface area contributed by atoms with E-state index in [4.69, 9.17) is 10.00 Å². The molecule has 0 heterocycles. The predicted octanol–water partition coefficient (Wildman–Crippen LogP) is 2.24. The Balaban J connectivity index is 3.05. The van der Waals surface area contributed by atoms with Crippen molar-refractivity contribution in [3.05, 3.63) is 33.3 Å². The third kappa shape index (κ3) is 3.40. The fourth-order valence-electron chi connectivity index (χ4n) is 1.33. The smallest absolute Gasteiger partial charge is 0.310 e. The van der Waals surface area contributed by atoms with Gasteiger partial charge in [-0.05, 0) is 24.6 Å². The van der Waals surface area contributed by atoms with Crippen molar-refractivity contribution in [3.8, 4) is 6.07 Å². The topological polar surface area (TPSA) is 67.2 Å². The van der Waals surface area contributed by atoms with Gasteiger partial charge < -0.3 is 4.74 Å². The molecule has 1 aromatic carbocycles. The van der Waals surface area contributed by atoms with Crippen molar-refractivity contribution >= 4 is 28.2 Å². The molecule has 0 spiro atoms. The Labute approximate surface area is 107 Å². The summed E-state index contributed by atoms with van der Waals surface area (Å²) in [7, 11) is 0. The molecule has 0 saturated heterocycles. The summed E-state index contributed by atoms with van der Waals surface area (Å²) in [6.45, 7) is 2.04. The van der Waals surface area contributed by atoms with E-state index in [2.05, 4.69) is 15.9 Å². The van der Waals surface area contributed by atoms with Crippen molar-refractivity contribution in [2.45, 2.75) is 13.3 Å². The molecule has 1 aromatic rings. The molecule has 4 nitrogen and oxygen atoms in total. The number of hydrogen-bond donors (Lipinski definition) is 0. The van der Waals surface area contributed by atoms with Crippen LogP contribution in [0.2, 0.25) is 0 Å². The zero-order valence-corrected chi connectivity index (χ0v) is 10.8. The fourth-order valence-corrected chi connectivity index (χ4v) is 1.83. The summed E-state index contributed by atoms with van der Waals surface area (Å²) in [5.41, 5.74) is 1.18. The van der Waals surface area contributed by atoms with Crippen molar-refractivity contribution in [2.24, 2.45) is 0 Å². The number of esters is 1. The van der Waals surface area contributed by atoms with E-state index in [1.807, 2.05) is 6.07 Å². The van der Waals surface area contributed by atoms with Crippen molar-refractivity contribution < 1.29 is 14.3 Å². The molecular formula is C12H10BrNO3. The zero-order valence-electron chi connectivity index (χ0n) is 9.20. The number of hydrogen-bond acceptors (Lipinski definition) is 4. The summed E-state index contributed by atoms with van der Waals surface area (Å²) in [6.07, 6.45) is 0.680. The Bertz CT molecular complexity index is 491. The van der Waals surface area contributed by atoms with E-state index in [1.54, 1.807) is 6.92 Å². The van der Waals surface area contributed by atoms with Crippen molar-refractivity contribution in [1.29, 1.82) is 5.26 Å². The molecule has 1 rings (SSSR count). The summed E-state index contributed by atoms with van der Waals surface area (Å²) in [5, 5.41) is 8.86. The van der Waals surface area contributed by atoms with Crippen LogP contribution in [0.25, 0.3) is 0 Å². The van der Waals surface area contributed by atoms with E-state index in [1.165, 1.54) is 12.1 Å². The third-order valence-corrected chi connectivity index (χ3v) is 2.84. The van der Waals surface area contributed by atoms with Gasteiger partial charge in [0.1, 0.15) is 0 Å². The van der Waals surface area contributed by atoms with Crippen LogP contribution >= 0.6 is 15.9 Å². The van der Waals surface area contributed by atoms with Gasteiger partial charge in [0.05, 0.1) is 24.7 Å². The second-order valence-corrected chi connectivity index (χ2v) is 4.10. The molecule has 17 heavy (non-hydrogen) atoms. The Hall–Kier alpha value is -1.67.